The number of hydrogen-bond acceptors (Lipinski definition) is 4. The van der Waals surface area contributed by atoms with Crippen molar-refractivity contribution >= 4 is 22.8 Å². The van der Waals surface area contributed by atoms with E-state index in [2.05, 4.69) is 0 Å². The van der Waals surface area contributed by atoms with Gasteiger partial charge in [-0.05, 0) is 96.3 Å². The topological polar surface area (TPSA) is 80.0 Å². The molecule has 2 aliphatic heterocycles. The number of ether oxygens (including phenoxy) is 1. The molecule has 7 heteroatoms. The molecule has 1 amide bonds. The highest BCUT2D eigenvalue weighted by Crippen LogP contribution is 2.44. The molecule has 4 aromatic rings. The predicted octanol–water partition coefficient (Wildman–Crippen LogP) is 6.27. The summed E-state index contributed by atoms with van der Waals surface area (Å²) < 4.78 is 26.5. The van der Waals surface area contributed by atoms with E-state index in [0.717, 1.165) is 50.8 Å². The van der Waals surface area contributed by atoms with Gasteiger partial charge >= 0.3 is 5.97 Å². The number of benzene rings is 3. The average molecular weight is 514 g/mol. The largest absolute Gasteiger partial charge is 0.490 e. The standard InChI is InChI=1S/C31H28FNO5/c1-16-20-8-5-10-37-30(20)26(32)12-22(16)28-18(3)25-15-33(14-24(25)17(2)23(28)13-27(34)35)31(36)21-7-4-6-19-9-11-38-29(19)21/h4,6-7,9,11-12H,5,8,10,13-15H2,1-3H3,(H,34,35). The maximum atomic E-state index is 15.3. The van der Waals surface area contributed by atoms with Crippen LogP contribution in [0.2, 0.25) is 0 Å². The fourth-order valence-corrected chi connectivity index (χ4v) is 6.19. The van der Waals surface area contributed by atoms with Gasteiger partial charge in [-0.2, -0.15) is 0 Å². The van der Waals surface area contributed by atoms with Crippen LogP contribution in [-0.2, 0) is 30.7 Å². The molecule has 2 aliphatic rings. The molecule has 0 unspecified atom stereocenters. The van der Waals surface area contributed by atoms with Crippen molar-refractivity contribution in [2.75, 3.05) is 6.61 Å². The molecule has 0 radical (unpaired) electrons. The van der Waals surface area contributed by atoms with Crippen molar-refractivity contribution in [3.63, 3.8) is 0 Å². The number of furan rings is 1. The molecule has 194 valence electrons. The lowest BCUT2D eigenvalue weighted by Crippen LogP contribution is -2.25. The van der Waals surface area contributed by atoms with Crippen molar-refractivity contribution in [2.24, 2.45) is 0 Å². The summed E-state index contributed by atoms with van der Waals surface area (Å²) in [7, 11) is 0. The zero-order valence-electron chi connectivity index (χ0n) is 21.6. The Balaban J connectivity index is 1.49. The summed E-state index contributed by atoms with van der Waals surface area (Å²) in [5.41, 5.74) is 8.56. The summed E-state index contributed by atoms with van der Waals surface area (Å²) in [4.78, 5) is 27.4. The van der Waals surface area contributed by atoms with E-state index in [1.165, 1.54) is 6.07 Å². The van der Waals surface area contributed by atoms with Gasteiger partial charge in [0.05, 0.1) is 24.9 Å². The second kappa shape index (κ2) is 9.01. The predicted molar refractivity (Wildman–Crippen MR) is 141 cm³/mol. The molecule has 3 aromatic carbocycles. The fraction of sp³-hybridized carbons (Fsp3) is 0.290. The third kappa shape index (κ3) is 3.68. The van der Waals surface area contributed by atoms with Crippen molar-refractivity contribution in [3.8, 4) is 16.9 Å². The first kappa shape index (κ1) is 24.2. The van der Waals surface area contributed by atoms with Gasteiger partial charge in [0.2, 0.25) is 0 Å². The van der Waals surface area contributed by atoms with Crippen LogP contribution in [-0.4, -0.2) is 28.5 Å². The molecule has 0 aliphatic carbocycles. The van der Waals surface area contributed by atoms with Gasteiger partial charge in [-0.1, -0.05) is 12.1 Å². The van der Waals surface area contributed by atoms with Gasteiger partial charge in [0.25, 0.3) is 5.91 Å². The van der Waals surface area contributed by atoms with Crippen LogP contribution in [0.4, 0.5) is 4.39 Å². The summed E-state index contributed by atoms with van der Waals surface area (Å²) in [5, 5.41) is 10.7. The number of amides is 1. The molecule has 0 bridgehead atoms. The van der Waals surface area contributed by atoms with Crippen LogP contribution in [0.3, 0.4) is 0 Å². The fourth-order valence-electron chi connectivity index (χ4n) is 6.19. The van der Waals surface area contributed by atoms with Gasteiger partial charge in [0.15, 0.2) is 11.6 Å². The summed E-state index contributed by atoms with van der Waals surface area (Å²) in [6, 6.07) is 8.81. The highest BCUT2D eigenvalue weighted by atomic mass is 19.1. The second-order valence-corrected chi connectivity index (χ2v) is 10.2. The number of carbonyl (C=O) groups excluding carboxylic acids is 1. The lowest BCUT2D eigenvalue weighted by atomic mass is 9.81. The number of nitrogens with zero attached hydrogens (tertiary/aromatic N) is 1. The lowest BCUT2D eigenvalue weighted by molar-refractivity contribution is -0.136. The lowest BCUT2D eigenvalue weighted by Gasteiger charge is -2.25. The van der Waals surface area contributed by atoms with Crippen LogP contribution in [0.5, 0.6) is 5.75 Å². The Morgan fingerprint density at radius 2 is 1.79 bits per heavy atom. The maximum absolute atomic E-state index is 15.3. The minimum absolute atomic E-state index is 0.143. The van der Waals surface area contributed by atoms with Crippen LogP contribution in [0.1, 0.15) is 55.7 Å². The zero-order valence-corrected chi connectivity index (χ0v) is 21.6. The Morgan fingerprint density at radius 1 is 1.03 bits per heavy atom. The van der Waals surface area contributed by atoms with Crippen LogP contribution >= 0.6 is 0 Å². The van der Waals surface area contributed by atoms with E-state index < -0.39 is 11.8 Å². The summed E-state index contributed by atoms with van der Waals surface area (Å²) >= 11 is 0. The van der Waals surface area contributed by atoms with E-state index in [4.69, 9.17) is 9.15 Å². The SMILES string of the molecule is Cc1c(-c2c(C)c3c(c(C)c2CC(=O)O)CN(C(=O)c2cccc4ccoc24)C3)cc(F)c2c1CCCO2. The second-order valence-electron chi connectivity index (χ2n) is 10.2. The average Bonchev–Trinajstić information content (AvgIpc) is 3.57. The Labute approximate surface area is 219 Å². The Morgan fingerprint density at radius 3 is 2.55 bits per heavy atom. The monoisotopic (exact) mass is 513 g/mol. The minimum atomic E-state index is -0.955. The van der Waals surface area contributed by atoms with Crippen molar-refractivity contribution < 1.29 is 28.2 Å². The quantitative estimate of drug-likeness (QED) is 0.348. The number of carboxylic acid groups (broad SMARTS) is 1. The molecular formula is C31H28FNO5. The first-order valence-corrected chi connectivity index (χ1v) is 12.8. The van der Waals surface area contributed by atoms with Crippen LogP contribution < -0.4 is 4.74 Å². The van der Waals surface area contributed by atoms with Crippen molar-refractivity contribution in [1.82, 2.24) is 4.90 Å². The molecule has 6 rings (SSSR count). The molecule has 3 heterocycles. The molecule has 1 N–H and O–H groups in total. The van der Waals surface area contributed by atoms with Gasteiger partial charge in [-0.25, -0.2) is 4.39 Å². The van der Waals surface area contributed by atoms with E-state index in [9.17, 15) is 14.7 Å². The number of carboxylic acids is 1. The first-order valence-electron chi connectivity index (χ1n) is 12.8. The van der Waals surface area contributed by atoms with Gasteiger partial charge in [0.1, 0.15) is 5.58 Å². The van der Waals surface area contributed by atoms with Gasteiger partial charge in [-0.3, -0.25) is 9.59 Å². The number of rotatable bonds is 4. The van der Waals surface area contributed by atoms with E-state index >= 15 is 4.39 Å². The van der Waals surface area contributed by atoms with Crippen LogP contribution in [0.25, 0.3) is 22.1 Å². The van der Waals surface area contributed by atoms with Crippen molar-refractivity contribution in [3.05, 3.63) is 86.9 Å². The Bertz CT molecular complexity index is 1650. The molecule has 38 heavy (non-hydrogen) atoms. The highest BCUT2D eigenvalue weighted by molar-refractivity contribution is 6.05. The molecule has 0 spiro atoms. The Hall–Kier alpha value is -4.13. The van der Waals surface area contributed by atoms with E-state index in [1.54, 1.807) is 17.2 Å². The molecule has 0 fully saturated rings. The molecule has 0 atom stereocenters. The third-order valence-corrected chi connectivity index (χ3v) is 8.13. The van der Waals surface area contributed by atoms with Crippen LogP contribution in [0.15, 0.2) is 41.0 Å². The highest BCUT2D eigenvalue weighted by Gasteiger charge is 2.33. The van der Waals surface area contributed by atoms with Crippen LogP contribution in [0, 0.1) is 26.6 Å². The summed E-state index contributed by atoms with van der Waals surface area (Å²) in [6.07, 6.45) is 2.90. The van der Waals surface area contributed by atoms with E-state index in [1.807, 2.05) is 39.0 Å². The van der Waals surface area contributed by atoms with Crippen molar-refractivity contribution in [2.45, 2.75) is 53.1 Å². The smallest absolute Gasteiger partial charge is 0.307 e. The van der Waals surface area contributed by atoms with E-state index in [-0.39, 0.29) is 12.3 Å². The first-order chi connectivity index (χ1) is 18.3. The van der Waals surface area contributed by atoms with E-state index in [0.29, 0.717) is 54.1 Å². The number of para-hydroxylation sites is 1. The molecule has 6 nitrogen and oxygen atoms in total. The van der Waals surface area contributed by atoms with Gasteiger partial charge in [0, 0.05) is 24.0 Å². The number of hydrogen-bond donors (Lipinski definition) is 1. The number of carbonyl (C=O) groups is 2. The van der Waals surface area contributed by atoms with Gasteiger partial charge in [-0.15, -0.1) is 0 Å². The number of halogens is 1. The summed E-state index contributed by atoms with van der Waals surface area (Å²) in [5.74, 6) is -1.22. The van der Waals surface area contributed by atoms with Gasteiger partial charge < -0.3 is 19.2 Å². The minimum Gasteiger partial charge on any atom is -0.490 e. The molecule has 0 saturated carbocycles. The zero-order chi connectivity index (χ0) is 26.7. The molecular weight excluding hydrogens is 485 g/mol. The number of aliphatic carboxylic acids is 1. The van der Waals surface area contributed by atoms with Crippen molar-refractivity contribution in [1.29, 1.82) is 0 Å². The third-order valence-electron chi connectivity index (χ3n) is 8.13. The summed E-state index contributed by atoms with van der Waals surface area (Å²) in [6.45, 7) is 7.06. The normalized spacial score (nSPS) is 14.4. The maximum Gasteiger partial charge on any atom is 0.307 e. The molecule has 0 saturated heterocycles. The molecule has 1 aromatic heterocycles. The number of fused-ring (bicyclic) bond motifs is 3. The Kier molecular flexibility index (Phi) is 5.74.